The van der Waals surface area contributed by atoms with Crippen molar-refractivity contribution in [3.05, 3.63) is 0 Å². The maximum absolute atomic E-state index is 11.4. The van der Waals surface area contributed by atoms with Crippen LogP contribution in [0, 0.1) is 0 Å². The first-order chi connectivity index (χ1) is 7.02. The van der Waals surface area contributed by atoms with Crippen LogP contribution >= 0.6 is 0 Å². The van der Waals surface area contributed by atoms with Gasteiger partial charge in [0, 0.05) is 6.42 Å². The van der Waals surface area contributed by atoms with Crippen LogP contribution in [-0.4, -0.2) is 30.2 Å². The molecule has 3 heteroatoms. The summed E-state index contributed by atoms with van der Waals surface area (Å²) in [6.07, 6.45) is 2.73. The molecule has 3 atom stereocenters. The van der Waals surface area contributed by atoms with E-state index in [0.29, 0.717) is 6.42 Å². The maximum Gasteiger partial charge on any atom is 0.161 e. The van der Waals surface area contributed by atoms with E-state index in [-0.39, 0.29) is 30.2 Å². The van der Waals surface area contributed by atoms with Crippen molar-refractivity contribution in [2.45, 2.75) is 71.4 Å². The summed E-state index contributed by atoms with van der Waals surface area (Å²) in [5.74, 6) is 0.182. The molecule has 1 rings (SSSR count). The monoisotopic (exact) mass is 214 g/mol. The highest BCUT2D eigenvalue weighted by Crippen LogP contribution is 2.22. The van der Waals surface area contributed by atoms with Crippen molar-refractivity contribution in [3.8, 4) is 0 Å². The van der Waals surface area contributed by atoms with E-state index in [9.17, 15) is 4.79 Å². The van der Waals surface area contributed by atoms with Crippen LogP contribution in [0.4, 0.5) is 0 Å². The highest BCUT2D eigenvalue weighted by atomic mass is 16.5. The Hall–Kier alpha value is -0.410. The van der Waals surface area contributed by atoms with Gasteiger partial charge in [-0.2, -0.15) is 0 Å². The summed E-state index contributed by atoms with van der Waals surface area (Å²) >= 11 is 0. The second-order valence-electron chi connectivity index (χ2n) is 4.45. The second-order valence-corrected chi connectivity index (χ2v) is 4.45. The molecule has 0 N–H and O–H groups in total. The lowest BCUT2D eigenvalue weighted by molar-refractivity contribution is -0.145. The number of carbonyl (C=O) groups excluding carboxylic acids is 1. The Kier molecular flexibility index (Phi) is 4.74. The summed E-state index contributed by atoms with van der Waals surface area (Å²) in [4.78, 5) is 11.4. The van der Waals surface area contributed by atoms with E-state index < -0.39 is 0 Å². The minimum Gasteiger partial charge on any atom is -0.375 e. The predicted molar refractivity (Wildman–Crippen MR) is 58.9 cm³/mol. The van der Waals surface area contributed by atoms with E-state index in [2.05, 4.69) is 13.8 Å². The number of ether oxygens (including phenoxy) is 2. The normalized spacial score (nSPS) is 33.7. The van der Waals surface area contributed by atoms with Gasteiger partial charge in [-0.1, -0.05) is 6.92 Å². The van der Waals surface area contributed by atoms with Crippen molar-refractivity contribution < 1.29 is 14.3 Å². The van der Waals surface area contributed by atoms with Gasteiger partial charge in [0.15, 0.2) is 5.78 Å². The lowest BCUT2D eigenvalue weighted by atomic mass is 10.0. The average molecular weight is 214 g/mol. The molecule has 3 nitrogen and oxygen atoms in total. The standard InChI is InChI=1S/C12H22O3/c1-5-12(13)10(4)15-11-6-8(2)14-9(3)7-11/h8-11H,5-7H2,1-4H3. The molecule has 0 saturated carbocycles. The Morgan fingerprint density at radius 1 is 1.40 bits per heavy atom. The molecule has 88 valence electrons. The van der Waals surface area contributed by atoms with Crippen LogP contribution in [0.3, 0.4) is 0 Å². The third-order valence-electron chi connectivity index (χ3n) is 2.85. The van der Waals surface area contributed by atoms with Gasteiger partial charge in [0.25, 0.3) is 0 Å². The van der Waals surface area contributed by atoms with E-state index in [1.165, 1.54) is 0 Å². The van der Waals surface area contributed by atoms with E-state index >= 15 is 0 Å². The molecule has 1 aliphatic heterocycles. The summed E-state index contributed by atoms with van der Waals surface area (Å²) in [7, 11) is 0. The van der Waals surface area contributed by atoms with E-state index in [4.69, 9.17) is 9.47 Å². The molecule has 1 fully saturated rings. The molecule has 0 aromatic carbocycles. The first-order valence-corrected chi connectivity index (χ1v) is 5.86. The van der Waals surface area contributed by atoms with Gasteiger partial charge in [-0.3, -0.25) is 4.79 Å². The molecule has 1 heterocycles. The zero-order chi connectivity index (χ0) is 11.4. The van der Waals surface area contributed by atoms with Gasteiger partial charge in [-0.25, -0.2) is 0 Å². The molecule has 0 bridgehead atoms. The summed E-state index contributed by atoms with van der Waals surface area (Å²) < 4.78 is 11.4. The van der Waals surface area contributed by atoms with Crippen LogP contribution in [0.5, 0.6) is 0 Å². The SMILES string of the molecule is CCC(=O)C(C)OC1CC(C)OC(C)C1. The summed E-state index contributed by atoms with van der Waals surface area (Å²) in [5.41, 5.74) is 0. The Morgan fingerprint density at radius 2 is 1.93 bits per heavy atom. The Balaban J connectivity index is 2.40. The molecule has 15 heavy (non-hydrogen) atoms. The molecule has 0 amide bonds. The van der Waals surface area contributed by atoms with Crippen LogP contribution in [0.25, 0.3) is 0 Å². The average Bonchev–Trinajstić information content (AvgIpc) is 2.14. The number of rotatable bonds is 4. The fraction of sp³-hybridized carbons (Fsp3) is 0.917. The van der Waals surface area contributed by atoms with Crippen LogP contribution in [-0.2, 0) is 14.3 Å². The second kappa shape index (κ2) is 5.61. The lowest BCUT2D eigenvalue weighted by Crippen LogP contribution is -2.37. The summed E-state index contributed by atoms with van der Waals surface area (Å²) in [5, 5.41) is 0. The van der Waals surface area contributed by atoms with Crippen molar-refractivity contribution in [2.75, 3.05) is 0 Å². The minimum absolute atomic E-state index is 0.175. The van der Waals surface area contributed by atoms with Crippen molar-refractivity contribution in [3.63, 3.8) is 0 Å². The number of Topliss-reactive ketones (excluding diaryl/α,β-unsaturated/α-hetero) is 1. The third kappa shape index (κ3) is 3.92. The first-order valence-electron chi connectivity index (χ1n) is 5.86. The molecule has 0 aromatic rings. The summed E-state index contributed by atoms with van der Waals surface area (Å²) in [6, 6.07) is 0. The largest absolute Gasteiger partial charge is 0.375 e. The first kappa shape index (κ1) is 12.7. The number of carbonyl (C=O) groups is 1. The zero-order valence-corrected chi connectivity index (χ0v) is 10.2. The molecule has 1 aliphatic rings. The van der Waals surface area contributed by atoms with Gasteiger partial charge in [0.05, 0.1) is 18.3 Å². The smallest absolute Gasteiger partial charge is 0.161 e. The third-order valence-corrected chi connectivity index (χ3v) is 2.85. The van der Waals surface area contributed by atoms with Crippen LogP contribution in [0.2, 0.25) is 0 Å². The number of ketones is 1. The molecule has 0 spiro atoms. The fourth-order valence-electron chi connectivity index (χ4n) is 2.11. The van der Waals surface area contributed by atoms with Gasteiger partial charge in [0.2, 0.25) is 0 Å². The molecule has 0 aliphatic carbocycles. The summed E-state index contributed by atoms with van der Waals surface area (Å²) in [6.45, 7) is 7.82. The predicted octanol–water partition coefficient (Wildman–Crippen LogP) is 2.33. The topological polar surface area (TPSA) is 35.5 Å². The fourth-order valence-corrected chi connectivity index (χ4v) is 2.11. The number of hydrogen-bond acceptors (Lipinski definition) is 3. The number of hydrogen-bond donors (Lipinski definition) is 0. The van der Waals surface area contributed by atoms with E-state index in [0.717, 1.165) is 12.8 Å². The van der Waals surface area contributed by atoms with Crippen LogP contribution in [0.1, 0.15) is 47.0 Å². The van der Waals surface area contributed by atoms with Crippen LogP contribution in [0.15, 0.2) is 0 Å². The molecule has 0 aromatic heterocycles. The van der Waals surface area contributed by atoms with E-state index in [1.807, 2.05) is 13.8 Å². The molecular weight excluding hydrogens is 192 g/mol. The van der Waals surface area contributed by atoms with Gasteiger partial charge in [-0.15, -0.1) is 0 Å². The lowest BCUT2D eigenvalue weighted by Gasteiger charge is -2.33. The Bertz CT molecular complexity index is 205. The molecular formula is C12H22O3. The quantitative estimate of drug-likeness (QED) is 0.720. The molecule has 0 radical (unpaired) electrons. The van der Waals surface area contributed by atoms with Gasteiger partial charge in [0.1, 0.15) is 6.10 Å². The van der Waals surface area contributed by atoms with Crippen molar-refractivity contribution in [2.24, 2.45) is 0 Å². The Labute approximate surface area is 92.1 Å². The minimum atomic E-state index is -0.266. The van der Waals surface area contributed by atoms with Crippen molar-refractivity contribution in [1.82, 2.24) is 0 Å². The Morgan fingerprint density at radius 3 is 2.40 bits per heavy atom. The zero-order valence-electron chi connectivity index (χ0n) is 10.2. The van der Waals surface area contributed by atoms with Crippen molar-refractivity contribution in [1.29, 1.82) is 0 Å². The van der Waals surface area contributed by atoms with Gasteiger partial charge < -0.3 is 9.47 Å². The van der Waals surface area contributed by atoms with Crippen LogP contribution < -0.4 is 0 Å². The maximum atomic E-state index is 11.4. The van der Waals surface area contributed by atoms with Gasteiger partial charge in [-0.05, 0) is 33.6 Å². The molecule has 1 saturated heterocycles. The molecule has 3 unspecified atom stereocenters. The van der Waals surface area contributed by atoms with Crippen molar-refractivity contribution >= 4 is 5.78 Å². The highest BCUT2D eigenvalue weighted by molar-refractivity contribution is 5.82. The van der Waals surface area contributed by atoms with Gasteiger partial charge >= 0.3 is 0 Å². The van der Waals surface area contributed by atoms with E-state index in [1.54, 1.807) is 0 Å². The highest BCUT2D eigenvalue weighted by Gasteiger charge is 2.27.